The van der Waals surface area contributed by atoms with Crippen LogP contribution in [0.25, 0.3) is 6.08 Å². The van der Waals surface area contributed by atoms with Crippen molar-refractivity contribution < 1.29 is 0 Å². The van der Waals surface area contributed by atoms with Crippen molar-refractivity contribution >= 4 is 17.4 Å². The summed E-state index contributed by atoms with van der Waals surface area (Å²) in [6.07, 6.45) is 5.26. The van der Waals surface area contributed by atoms with Crippen molar-refractivity contribution in [1.29, 1.82) is 0 Å². The van der Waals surface area contributed by atoms with Crippen molar-refractivity contribution in [2.45, 2.75) is 13.3 Å². The fraction of sp³-hybridized carbons (Fsp3) is 0.200. The normalized spacial score (nSPS) is 10.6. The van der Waals surface area contributed by atoms with Gasteiger partial charge in [0.1, 0.15) is 0 Å². The predicted molar refractivity (Wildman–Crippen MR) is 52.8 cm³/mol. The van der Waals surface area contributed by atoms with Gasteiger partial charge in [-0.25, -0.2) is 0 Å². The second-order valence-electron chi connectivity index (χ2n) is 2.62. The van der Waals surface area contributed by atoms with Crippen molar-refractivity contribution in [3.63, 3.8) is 0 Å². The predicted octanol–water partition coefficient (Wildman–Crippen LogP) is 3.73. The number of rotatable bonds is 3. The molecule has 58 valence electrons. The molecule has 1 heterocycles. The summed E-state index contributed by atoms with van der Waals surface area (Å²) in [7, 11) is 0. The van der Waals surface area contributed by atoms with Gasteiger partial charge >= 0.3 is 0 Å². The van der Waals surface area contributed by atoms with Crippen LogP contribution >= 0.6 is 11.3 Å². The summed E-state index contributed by atoms with van der Waals surface area (Å²) in [4.78, 5) is 0. The molecule has 1 aromatic heterocycles. The molecule has 0 amide bonds. The van der Waals surface area contributed by atoms with Gasteiger partial charge in [0.2, 0.25) is 0 Å². The van der Waals surface area contributed by atoms with E-state index in [2.05, 4.69) is 35.6 Å². The Morgan fingerprint density at radius 3 is 3.09 bits per heavy atom. The van der Waals surface area contributed by atoms with Crippen molar-refractivity contribution in [3.05, 3.63) is 40.6 Å². The molecule has 0 aliphatic heterocycles. The summed E-state index contributed by atoms with van der Waals surface area (Å²) in [5, 5.41) is 4.22. The van der Waals surface area contributed by atoms with Crippen LogP contribution in [-0.2, 0) is 0 Å². The molecule has 0 atom stereocenters. The van der Waals surface area contributed by atoms with E-state index in [1.54, 1.807) is 11.3 Å². The highest BCUT2D eigenvalue weighted by atomic mass is 32.1. The maximum Gasteiger partial charge on any atom is -0.00209 e. The molecular weight excluding hydrogens is 152 g/mol. The van der Waals surface area contributed by atoms with Gasteiger partial charge in [0, 0.05) is 0 Å². The van der Waals surface area contributed by atoms with Crippen LogP contribution in [0.4, 0.5) is 0 Å². The fourth-order valence-corrected chi connectivity index (χ4v) is 1.39. The Morgan fingerprint density at radius 2 is 2.55 bits per heavy atom. The smallest absolute Gasteiger partial charge is 0.00209 e. The lowest BCUT2D eigenvalue weighted by atomic mass is 10.2. The first-order valence-electron chi connectivity index (χ1n) is 3.62. The lowest BCUT2D eigenvalue weighted by molar-refractivity contribution is 1.24. The molecule has 1 aromatic rings. The number of thiophene rings is 1. The molecular formula is C10H12S. The van der Waals surface area contributed by atoms with E-state index < -0.39 is 0 Å². The van der Waals surface area contributed by atoms with Crippen LogP contribution in [0.2, 0.25) is 0 Å². The van der Waals surface area contributed by atoms with Gasteiger partial charge in [0.15, 0.2) is 0 Å². The topological polar surface area (TPSA) is 0 Å². The Balaban J connectivity index is 2.43. The lowest BCUT2D eigenvalue weighted by Gasteiger charge is -1.87. The Hall–Kier alpha value is -0.820. The van der Waals surface area contributed by atoms with Gasteiger partial charge in [-0.1, -0.05) is 24.3 Å². The van der Waals surface area contributed by atoms with Crippen LogP contribution < -0.4 is 0 Å². The zero-order valence-electron chi connectivity index (χ0n) is 6.71. The third kappa shape index (κ3) is 3.19. The molecule has 0 N–H and O–H groups in total. The largest absolute Gasteiger partial charge is 0.152 e. The highest BCUT2D eigenvalue weighted by Gasteiger charge is 1.84. The van der Waals surface area contributed by atoms with Crippen LogP contribution in [-0.4, -0.2) is 0 Å². The molecule has 0 saturated heterocycles. The standard InChI is InChI=1S/C10H12S/c1-9(2)4-3-5-10-6-7-11-8-10/h3,5-8H,1,4H2,2H3. The van der Waals surface area contributed by atoms with E-state index in [-0.39, 0.29) is 0 Å². The van der Waals surface area contributed by atoms with Gasteiger partial charge < -0.3 is 0 Å². The van der Waals surface area contributed by atoms with Crippen molar-refractivity contribution in [3.8, 4) is 0 Å². The first-order valence-corrected chi connectivity index (χ1v) is 4.56. The van der Waals surface area contributed by atoms with Crippen LogP contribution in [0.3, 0.4) is 0 Å². The first-order chi connectivity index (χ1) is 5.29. The van der Waals surface area contributed by atoms with E-state index in [9.17, 15) is 0 Å². The molecule has 0 aromatic carbocycles. The molecule has 0 aliphatic rings. The maximum absolute atomic E-state index is 3.83. The van der Waals surface area contributed by atoms with Gasteiger partial charge in [0.25, 0.3) is 0 Å². The zero-order chi connectivity index (χ0) is 8.10. The average molecular weight is 164 g/mol. The van der Waals surface area contributed by atoms with Gasteiger partial charge in [-0.15, -0.1) is 0 Å². The summed E-state index contributed by atoms with van der Waals surface area (Å²) in [6.45, 7) is 5.86. The number of hydrogen-bond donors (Lipinski definition) is 0. The summed E-state index contributed by atoms with van der Waals surface area (Å²) in [5.41, 5.74) is 2.49. The van der Waals surface area contributed by atoms with E-state index >= 15 is 0 Å². The highest BCUT2D eigenvalue weighted by Crippen LogP contribution is 2.09. The van der Waals surface area contributed by atoms with Crippen LogP contribution in [0, 0.1) is 0 Å². The molecule has 0 bridgehead atoms. The second-order valence-corrected chi connectivity index (χ2v) is 3.40. The van der Waals surface area contributed by atoms with Crippen LogP contribution in [0.5, 0.6) is 0 Å². The van der Waals surface area contributed by atoms with Crippen molar-refractivity contribution in [2.75, 3.05) is 0 Å². The minimum atomic E-state index is 0.982. The Morgan fingerprint density at radius 1 is 1.73 bits per heavy atom. The van der Waals surface area contributed by atoms with E-state index in [1.807, 2.05) is 6.92 Å². The van der Waals surface area contributed by atoms with Gasteiger partial charge in [-0.2, -0.15) is 11.3 Å². The summed E-state index contributed by atoms with van der Waals surface area (Å²) < 4.78 is 0. The second kappa shape index (κ2) is 4.14. The SMILES string of the molecule is C=C(C)CC=Cc1ccsc1. The Kier molecular flexibility index (Phi) is 3.12. The average Bonchev–Trinajstić information content (AvgIpc) is 2.39. The van der Waals surface area contributed by atoms with Gasteiger partial charge in [-0.05, 0) is 35.7 Å². The van der Waals surface area contributed by atoms with Crippen molar-refractivity contribution in [2.24, 2.45) is 0 Å². The van der Waals surface area contributed by atoms with Gasteiger partial charge in [0.05, 0.1) is 0 Å². The van der Waals surface area contributed by atoms with E-state index in [4.69, 9.17) is 0 Å². The first kappa shape index (κ1) is 8.28. The molecule has 0 saturated carbocycles. The van der Waals surface area contributed by atoms with E-state index in [0.717, 1.165) is 6.42 Å². The fourth-order valence-electron chi connectivity index (χ4n) is 0.766. The molecule has 1 rings (SSSR count). The molecule has 0 fully saturated rings. The number of allylic oxidation sites excluding steroid dienone is 2. The molecule has 1 heteroatoms. The van der Waals surface area contributed by atoms with E-state index in [0.29, 0.717) is 0 Å². The molecule has 0 radical (unpaired) electrons. The Labute approximate surface area is 71.9 Å². The van der Waals surface area contributed by atoms with Crippen LogP contribution in [0.1, 0.15) is 18.9 Å². The molecule has 0 nitrogen and oxygen atoms in total. The lowest BCUT2D eigenvalue weighted by Crippen LogP contribution is -1.66. The zero-order valence-corrected chi connectivity index (χ0v) is 7.53. The minimum absolute atomic E-state index is 0.982. The monoisotopic (exact) mass is 164 g/mol. The molecule has 0 aliphatic carbocycles. The van der Waals surface area contributed by atoms with Gasteiger partial charge in [-0.3, -0.25) is 0 Å². The molecule has 11 heavy (non-hydrogen) atoms. The quantitative estimate of drug-likeness (QED) is 0.597. The van der Waals surface area contributed by atoms with Crippen molar-refractivity contribution in [1.82, 2.24) is 0 Å². The summed E-state index contributed by atoms with van der Waals surface area (Å²) in [6, 6.07) is 2.11. The minimum Gasteiger partial charge on any atom is -0.152 e. The maximum atomic E-state index is 3.83. The number of hydrogen-bond acceptors (Lipinski definition) is 1. The summed E-state index contributed by atoms with van der Waals surface area (Å²) >= 11 is 1.72. The molecule has 0 spiro atoms. The Bertz CT molecular complexity index is 242. The van der Waals surface area contributed by atoms with Crippen LogP contribution in [0.15, 0.2) is 35.1 Å². The highest BCUT2D eigenvalue weighted by molar-refractivity contribution is 7.08. The third-order valence-electron chi connectivity index (χ3n) is 1.32. The molecule has 0 unspecified atom stereocenters. The van der Waals surface area contributed by atoms with E-state index in [1.165, 1.54) is 11.1 Å². The third-order valence-corrected chi connectivity index (χ3v) is 2.02. The summed E-state index contributed by atoms with van der Waals surface area (Å²) in [5.74, 6) is 0.